The number of ether oxygens (including phenoxy) is 1. The number of hydrogen-bond acceptors (Lipinski definition) is 13. The zero-order chi connectivity index (χ0) is 21.9. The zero-order valence-electron chi connectivity index (χ0n) is 17.5. The van der Waals surface area contributed by atoms with Crippen molar-refractivity contribution in [3.8, 4) is 0 Å². The van der Waals surface area contributed by atoms with Gasteiger partial charge in [-0.25, -0.2) is 0 Å². The maximum atomic E-state index is 12.2. The summed E-state index contributed by atoms with van der Waals surface area (Å²) < 4.78 is 17.6. The third-order valence-corrected chi connectivity index (χ3v) is 4.53. The molecule has 13 nitrogen and oxygen atoms in total. The van der Waals surface area contributed by atoms with Crippen LogP contribution in [0, 0.1) is 0 Å². The predicted octanol–water partition coefficient (Wildman–Crippen LogP) is -2.89. The van der Waals surface area contributed by atoms with Crippen molar-refractivity contribution in [3.05, 3.63) is 35.7 Å². The molecule has 3 aliphatic heterocycles. The molecule has 0 radical (unpaired) electrons. The third-order valence-electron chi connectivity index (χ3n) is 4.53. The fourth-order valence-electron chi connectivity index (χ4n) is 3.17. The highest BCUT2D eigenvalue weighted by molar-refractivity contribution is 5.12. The van der Waals surface area contributed by atoms with Crippen molar-refractivity contribution in [1.29, 1.82) is 0 Å². The number of alkyl halides is 1. The summed E-state index contributed by atoms with van der Waals surface area (Å²) in [6, 6.07) is 0. The number of rotatable bonds is 15. The normalized spacial score (nSPS) is 18.2. The molecule has 0 aromatic carbocycles. The van der Waals surface area contributed by atoms with Gasteiger partial charge in [0.1, 0.15) is 6.73 Å². The topological polar surface area (TPSA) is 135 Å². The minimum Gasteiger partial charge on any atom is -0.394 e. The smallest absolute Gasteiger partial charge is 0.134 e. The Bertz CT molecular complexity index is 616. The van der Waals surface area contributed by atoms with Crippen LogP contribution in [0.1, 0.15) is 6.42 Å². The van der Waals surface area contributed by atoms with E-state index in [1.807, 2.05) is 18.6 Å². The summed E-state index contributed by atoms with van der Waals surface area (Å²) in [4.78, 5) is 2.21. The molecule has 3 heterocycles. The molecule has 3 rings (SSSR count). The molecule has 0 saturated heterocycles. The summed E-state index contributed by atoms with van der Waals surface area (Å²) in [5.41, 5.74) is 21.2. The standard InChI is InChI=1S/C17H33FN10O3/c18-2-1-7-31-14-28-13-17(21-24-28)10-25(8-15-11-26(3-5-29)22-19-15)9-16-12-27(4-6-30)23-20-16/h11-13,19-24,29-30H,1-10,14H2. The largest absolute Gasteiger partial charge is 0.394 e. The molecule has 0 saturated carbocycles. The van der Waals surface area contributed by atoms with Crippen molar-refractivity contribution in [2.45, 2.75) is 6.42 Å². The van der Waals surface area contributed by atoms with Gasteiger partial charge in [-0.1, -0.05) is 0 Å². The molecule has 3 aliphatic rings. The lowest BCUT2D eigenvalue weighted by atomic mass is 10.3. The quantitative estimate of drug-likeness (QED) is 0.123. The molecule has 0 fully saturated rings. The summed E-state index contributed by atoms with van der Waals surface area (Å²) in [6.45, 7) is 3.24. The molecule has 176 valence electrons. The van der Waals surface area contributed by atoms with Crippen molar-refractivity contribution in [2.24, 2.45) is 0 Å². The summed E-state index contributed by atoms with van der Waals surface area (Å²) >= 11 is 0. The van der Waals surface area contributed by atoms with Gasteiger partial charge in [-0.05, 0) is 6.42 Å². The Morgan fingerprint density at radius 1 is 0.806 bits per heavy atom. The number of nitrogens with zero attached hydrogens (tertiary/aromatic N) is 4. The molecular weight excluding hydrogens is 411 g/mol. The molecule has 0 amide bonds. The summed E-state index contributed by atoms with van der Waals surface area (Å²) in [5.74, 6) is 0. The molecule has 0 spiro atoms. The number of hydrazine groups is 6. The first-order chi connectivity index (χ1) is 15.2. The fourth-order valence-corrected chi connectivity index (χ4v) is 3.17. The Morgan fingerprint density at radius 3 is 1.77 bits per heavy atom. The first-order valence-corrected chi connectivity index (χ1v) is 10.2. The van der Waals surface area contributed by atoms with Crippen LogP contribution in [0.3, 0.4) is 0 Å². The monoisotopic (exact) mass is 444 g/mol. The minimum absolute atomic E-state index is 0.0526. The van der Waals surface area contributed by atoms with Gasteiger partial charge in [-0.15, -0.1) is 16.6 Å². The van der Waals surface area contributed by atoms with Crippen LogP contribution in [0.25, 0.3) is 0 Å². The minimum atomic E-state index is -0.384. The molecule has 14 heteroatoms. The van der Waals surface area contributed by atoms with Gasteiger partial charge in [-0.3, -0.25) is 24.3 Å². The summed E-state index contributed by atoms with van der Waals surface area (Å²) in [6.07, 6.45) is 6.16. The van der Waals surface area contributed by atoms with E-state index in [4.69, 9.17) is 14.9 Å². The maximum absolute atomic E-state index is 12.2. The van der Waals surface area contributed by atoms with Gasteiger partial charge in [-0.2, -0.15) is 0 Å². The van der Waals surface area contributed by atoms with Crippen molar-refractivity contribution in [2.75, 3.05) is 65.9 Å². The van der Waals surface area contributed by atoms with Gasteiger partial charge in [0, 0.05) is 38.2 Å². The SMILES string of the molecule is OCCN1C=C(CN(CC2=CN(CCO)NN2)CC2=CN(COCCCF)NN2)NN1. The Balaban J connectivity index is 1.57. The molecule has 0 atom stereocenters. The Kier molecular flexibility index (Phi) is 9.41. The average molecular weight is 445 g/mol. The van der Waals surface area contributed by atoms with Crippen molar-refractivity contribution in [3.63, 3.8) is 0 Å². The van der Waals surface area contributed by atoms with E-state index in [1.165, 1.54) is 0 Å². The van der Waals surface area contributed by atoms with E-state index >= 15 is 0 Å². The second-order valence-corrected chi connectivity index (χ2v) is 7.20. The number of aliphatic hydroxyl groups is 2. The molecule has 0 aromatic heterocycles. The molecule has 0 unspecified atom stereocenters. The Labute approximate surface area is 181 Å². The van der Waals surface area contributed by atoms with E-state index in [0.29, 0.717) is 52.5 Å². The first kappa shape index (κ1) is 23.3. The number of halogens is 1. The van der Waals surface area contributed by atoms with Crippen LogP contribution in [-0.2, 0) is 4.74 Å². The van der Waals surface area contributed by atoms with Gasteiger partial charge < -0.3 is 31.2 Å². The lowest BCUT2D eigenvalue weighted by molar-refractivity contribution is 0.0268. The van der Waals surface area contributed by atoms with Crippen molar-refractivity contribution < 1.29 is 19.3 Å². The van der Waals surface area contributed by atoms with Gasteiger partial charge >= 0.3 is 0 Å². The average Bonchev–Trinajstić information content (AvgIpc) is 3.49. The second kappa shape index (κ2) is 12.5. The van der Waals surface area contributed by atoms with Crippen LogP contribution in [0.5, 0.6) is 0 Å². The van der Waals surface area contributed by atoms with Gasteiger partial charge in [0.2, 0.25) is 0 Å². The number of aliphatic hydroxyl groups excluding tert-OH is 2. The number of nitrogens with one attached hydrogen (secondary N) is 6. The van der Waals surface area contributed by atoms with E-state index in [-0.39, 0.29) is 19.9 Å². The van der Waals surface area contributed by atoms with E-state index in [2.05, 4.69) is 37.8 Å². The van der Waals surface area contributed by atoms with Crippen LogP contribution in [0.15, 0.2) is 35.7 Å². The number of β-amino-alcohol motifs (C(OH)–C–C–N with tert-alkyl or cyclic N) is 2. The van der Waals surface area contributed by atoms with Gasteiger partial charge in [0.05, 0.1) is 56.7 Å². The van der Waals surface area contributed by atoms with Crippen LogP contribution >= 0.6 is 0 Å². The molecule has 0 aromatic rings. The van der Waals surface area contributed by atoms with E-state index < -0.39 is 0 Å². The van der Waals surface area contributed by atoms with Crippen LogP contribution in [0.2, 0.25) is 0 Å². The van der Waals surface area contributed by atoms with Crippen molar-refractivity contribution >= 4 is 0 Å². The third kappa shape index (κ3) is 7.70. The molecule has 8 N–H and O–H groups in total. The maximum Gasteiger partial charge on any atom is 0.134 e. The predicted molar refractivity (Wildman–Crippen MR) is 110 cm³/mol. The lowest BCUT2D eigenvalue weighted by Gasteiger charge is -2.23. The highest BCUT2D eigenvalue weighted by atomic mass is 19.1. The van der Waals surface area contributed by atoms with E-state index in [0.717, 1.165) is 17.1 Å². The second-order valence-electron chi connectivity index (χ2n) is 7.20. The first-order valence-electron chi connectivity index (χ1n) is 10.2. The summed E-state index contributed by atoms with van der Waals surface area (Å²) in [5, 5.41) is 23.6. The lowest BCUT2D eigenvalue weighted by Crippen LogP contribution is -2.42. The highest BCUT2D eigenvalue weighted by Crippen LogP contribution is 2.10. The van der Waals surface area contributed by atoms with Crippen molar-refractivity contribution in [1.82, 2.24) is 52.8 Å². The molecule has 31 heavy (non-hydrogen) atoms. The van der Waals surface area contributed by atoms with Crippen LogP contribution in [-0.4, -0.2) is 96.1 Å². The zero-order valence-corrected chi connectivity index (χ0v) is 17.5. The van der Waals surface area contributed by atoms with Gasteiger partial charge in [0.25, 0.3) is 0 Å². The van der Waals surface area contributed by atoms with E-state index in [9.17, 15) is 4.39 Å². The van der Waals surface area contributed by atoms with Gasteiger partial charge in [0.15, 0.2) is 0 Å². The van der Waals surface area contributed by atoms with Crippen LogP contribution < -0.4 is 32.9 Å². The summed E-state index contributed by atoms with van der Waals surface area (Å²) in [7, 11) is 0. The van der Waals surface area contributed by atoms with Crippen LogP contribution in [0.4, 0.5) is 4.39 Å². The fraction of sp³-hybridized carbons (Fsp3) is 0.647. The number of hydrogen-bond donors (Lipinski definition) is 8. The highest BCUT2D eigenvalue weighted by Gasteiger charge is 2.21. The Hall–Kier alpha value is -2.33. The molecular formula is C17H33FN10O3. The molecule has 0 aliphatic carbocycles. The molecule has 0 bridgehead atoms. The van der Waals surface area contributed by atoms with E-state index in [1.54, 1.807) is 15.0 Å². The Morgan fingerprint density at radius 2 is 1.29 bits per heavy atom.